The lowest BCUT2D eigenvalue weighted by Gasteiger charge is -2.07. The van der Waals surface area contributed by atoms with Crippen LogP contribution in [0, 0.1) is 5.82 Å². The fraction of sp³-hybridized carbons (Fsp3) is 0.222. The molecule has 2 nitrogen and oxygen atoms in total. The second-order valence-corrected chi connectivity index (χ2v) is 2.68. The van der Waals surface area contributed by atoms with Crippen LogP contribution in [0.4, 0.5) is 17.6 Å². The Balaban J connectivity index is 3.12. The number of methoxy groups -OCH3 is 1. The largest absolute Gasteiger partial charge is 0.494 e. The van der Waals surface area contributed by atoms with Crippen LogP contribution in [-0.2, 0) is 0 Å². The molecule has 0 amide bonds. The summed E-state index contributed by atoms with van der Waals surface area (Å²) in [4.78, 5) is 10.7. The van der Waals surface area contributed by atoms with Gasteiger partial charge in [0.05, 0.1) is 7.11 Å². The molecule has 0 heterocycles. The first-order valence-corrected chi connectivity index (χ1v) is 3.81. The smallest absolute Gasteiger partial charge is 0.454 e. The van der Waals surface area contributed by atoms with E-state index in [0.717, 1.165) is 19.2 Å². The van der Waals surface area contributed by atoms with Crippen LogP contribution in [-0.4, -0.2) is 19.1 Å². The number of rotatable bonds is 2. The minimum atomic E-state index is -4.97. The summed E-state index contributed by atoms with van der Waals surface area (Å²) >= 11 is 0. The van der Waals surface area contributed by atoms with Crippen LogP contribution >= 0.6 is 0 Å². The zero-order chi connectivity index (χ0) is 11.6. The number of ether oxygens (including phenoxy) is 1. The Hall–Kier alpha value is -1.59. The summed E-state index contributed by atoms with van der Waals surface area (Å²) in [5, 5.41) is 0. The highest BCUT2D eigenvalue weighted by Crippen LogP contribution is 2.25. The van der Waals surface area contributed by atoms with E-state index in [9.17, 15) is 22.4 Å². The van der Waals surface area contributed by atoms with Crippen LogP contribution in [0.15, 0.2) is 18.2 Å². The second-order valence-electron chi connectivity index (χ2n) is 2.68. The van der Waals surface area contributed by atoms with E-state index < -0.39 is 29.1 Å². The lowest BCUT2D eigenvalue weighted by atomic mass is 10.1. The lowest BCUT2D eigenvalue weighted by Crippen LogP contribution is -2.22. The zero-order valence-electron chi connectivity index (χ0n) is 7.56. The molecule has 1 aromatic carbocycles. The van der Waals surface area contributed by atoms with Gasteiger partial charge < -0.3 is 4.74 Å². The molecular formula is C9H6F4O2. The van der Waals surface area contributed by atoms with Gasteiger partial charge in [0.25, 0.3) is 5.78 Å². The summed E-state index contributed by atoms with van der Waals surface area (Å²) in [5.74, 6) is -3.25. The molecule has 0 saturated carbocycles. The van der Waals surface area contributed by atoms with E-state index in [1.807, 2.05) is 0 Å². The summed E-state index contributed by atoms with van der Waals surface area (Å²) in [6.45, 7) is 0. The Morgan fingerprint density at radius 3 is 2.40 bits per heavy atom. The maximum absolute atomic E-state index is 12.8. The molecule has 0 unspecified atom stereocenters. The highest BCUT2D eigenvalue weighted by molar-refractivity contribution is 6.00. The molecule has 15 heavy (non-hydrogen) atoms. The highest BCUT2D eigenvalue weighted by atomic mass is 19.4. The van der Waals surface area contributed by atoms with Gasteiger partial charge in [-0.25, -0.2) is 4.39 Å². The number of alkyl halides is 3. The van der Waals surface area contributed by atoms with Crippen LogP contribution < -0.4 is 4.74 Å². The molecule has 6 heteroatoms. The Kier molecular flexibility index (Phi) is 2.97. The Labute approximate surface area is 82.5 Å². The van der Waals surface area contributed by atoms with Crippen LogP contribution in [0.25, 0.3) is 0 Å². The number of carbonyl (C=O) groups excluding carboxylic acids is 1. The maximum atomic E-state index is 12.8. The molecule has 0 spiro atoms. The number of ketones is 1. The van der Waals surface area contributed by atoms with Crippen LogP contribution in [0.5, 0.6) is 5.75 Å². The van der Waals surface area contributed by atoms with Gasteiger partial charge in [-0.1, -0.05) is 0 Å². The van der Waals surface area contributed by atoms with Crippen molar-refractivity contribution >= 4 is 5.78 Å². The fourth-order valence-electron chi connectivity index (χ4n) is 0.965. The van der Waals surface area contributed by atoms with E-state index in [4.69, 9.17) is 0 Å². The average Bonchev–Trinajstić information content (AvgIpc) is 2.16. The van der Waals surface area contributed by atoms with Gasteiger partial charge in [0, 0.05) is 5.56 Å². The normalized spacial score (nSPS) is 11.3. The minimum absolute atomic E-state index is 0.398. The van der Waals surface area contributed by atoms with Crippen molar-refractivity contribution in [1.82, 2.24) is 0 Å². The summed E-state index contributed by atoms with van der Waals surface area (Å²) in [7, 11) is 1.10. The molecule has 0 aliphatic heterocycles. The van der Waals surface area contributed by atoms with Crippen molar-refractivity contribution in [3.8, 4) is 5.75 Å². The van der Waals surface area contributed by atoms with Crippen molar-refractivity contribution in [1.29, 1.82) is 0 Å². The van der Waals surface area contributed by atoms with E-state index >= 15 is 0 Å². The van der Waals surface area contributed by atoms with Gasteiger partial charge in [-0.3, -0.25) is 4.79 Å². The minimum Gasteiger partial charge on any atom is -0.494 e. The van der Waals surface area contributed by atoms with Gasteiger partial charge in [-0.2, -0.15) is 13.2 Å². The Bertz CT molecular complexity index is 384. The van der Waals surface area contributed by atoms with Crippen molar-refractivity contribution in [3.05, 3.63) is 29.6 Å². The molecule has 0 N–H and O–H groups in total. The standard InChI is InChI=1S/C9H6F4O2/c1-15-7-4-5(2-3-6(7)10)8(14)9(11,12)13/h2-4H,1H3. The van der Waals surface area contributed by atoms with Crippen LogP contribution in [0.3, 0.4) is 0 Å². The number of hydrogen-bond acceptors (Lipinski definition) is 2. The van der Waals surface area contributed by atoms with Gasteiger partial charge in [-0.15, -0.1) is 0 Å². The molecule has 1 aromatic rings. The predicted molar refractivity (Wildman–Crippen MR) is 43.3 cm³/mol. The van der Waals surface area contributed by atoms with Crippen LogP contribution in [0.2, 0.25) is 0 Å². The van der Waals surface area contributed by atoms with E-state index in [1.165, 1.54) is 0 Å². The third-order valence-corrected chi connectivity index (χ3v) is 1.67. The van der Waals surface area contributed by atoms with Crippen molar-refractivity contribution in [2.24, 2.45) is 0 Å². The number of halogens is 4. The van der Waals surface area contributed by atoms with Crippen molar-refractivity contribution in [2.45, 2.75) is 6.18 Å². The number of Topliss-reactive ketones (excluding diaryl/α,β-unsaturated/α-hetero) is 1. The van der Waals surface area contributed by atoms with E-state index in [0.29, 0.717) is 6.07 Å². The summed E-state index contributed by atoms with van der Waals surface area (Å²) in [5.41, 5.74) is -0.652. The first kappa shape index (κ1) is 11.5. The molecule has 0 atom stereocenters. The Morgan fingerprint density at radius 1 is 1.33 bits per heavy atom. The molecule has 0 aliphatic rings. The quantitative estimate of drug-likeness (QED) is 0.567. The highest BCUT2D eigenvalue weighted by Gasteiger charge is 2.39. The first-order chi connectivity index (χ1) is 6.86. The van der Waals surface area contributed by atoms with Crippen LogP contribution in [0.1, 0.15) is 10.4 Å². The maximum Gasteiger partial charge on any atom is 0.454 e. The summed E-state index contributed by atoms with van der Waals surface area (Å²) in [6.07, 6.45) is -4.97. The molecule has 0 radical (unpaired) electrons. The van der Waals surface area contributed by atoms with Gasteiger partial charge in [-0.05, 0) is 18.2 Å². The predicted octanol–water partition coefficient (Wildman–Crippen LogP) is 2.58. The molecular weight excluding hydrogens is 216 g/mol. The van der Waals surface area contributed by atoms with E-state index in [1.54, 1.807) is 0 Å². The lowest BCUT2D eigenvalue weighted by molar-refractivity contribution is -0.0885. The molecule has 1 rings (SSSR count). The topological polar surface area (TPSA) is 26.3 Å². The number of benzene rings is 1. The van der Waals surface area contributed by atoms with E-state index in [-0.39, 0.29) is 0 Å². The molecule has 0 aliphatic carbocycles. The average molecular weight is 222 g/mol. The monoisotopic (exact) mass is 222 g/mol. The SMILES string of the molecule is COc1cc(C(=O)C(F)(F)F)ccc1F. The fourth-order valence-corrected chi connectivity index (χ4v) is 0.965. The van der Waals surface area contributed by atoms with Gasteiger partial charge in [0.1, 0.15) is 0 Å². The molecule has 82 valence electrons. The van der Waals surface area contributed by atoms with Gasteiger partial charge in [0.15, 0.2) is 11.6 Å². The number of hydrogen-bond donors (Lipinski definition) is 0. The van der Waals surface area contributed by atoms with Gasteiger partial charge >= 0.3 is 6.18 Å². The molecule has 0 saturated heterocycles. The van der Waals surface area contributed by atoms with Crippen molar-refractivity contribution in [3.63, 3.8) is 0 Å². The second kappa shape index (κ2) is 3.88. The Morgan fingerprint density at radius 2 is 1.93 bits per heavy atom. The van der Waals surface area contributed by atoms with Gasteiger partial charge in [0.2, 0.25) is 0 Å². The van der Waals surface area contributed by atoms with E-state index in [2.05, 4.69) is 4.74 Å². The third-order valence-electron chi connectivity index (χ3n) is 1.67. The summed E-state index contributed by atoms with van der Waals surface area (Å²) in [6, 6.07) is 2.22. The molecule has 0 aromatic heterocycles. The number of carbonyl (C=O) groups is 1. The molecule has 0 bridgehead atoms. The first-order valence-electron chi connectivity index (χ1n) is 3.81. The van der Waals surface area contributed by atoms with Crippen molar-refractivity contribution < 1.29 is 27.1 Å². The zero-order valence-corrected chi connectivity index (χ0v) is 7.56. The van der Waals surface area contributed by atoms with Crippen molar-refractivity contribution in [2.75, 3.05) is 7.11 Å². The third kappa shape index (κ3) is 2.45. The molecule has 0 fully saturated rings. The summed E-state index contributed by atoms with van der Waals surface area (Å²) < 4.78 is 53.2.